The van der Waals surface area contributed by atoms with Crippen LogP contribution in [0.3, 0.4) is 0 Å². The quantitative estimate of drug-likeness (QED) is 0.750. The van der Waals surface area contributed by atoms with Crippen molar-refractivity contribution in [3.63, 3.8) is 0 Å². The van der Waals surface area contributed by atoms with Gasteiger partial charge >= 0.3 is 0 Å². The highest BCUT2D eigenvalue weighted by atomic mass is 15.4. The lowest BCUT2D eigenvalue weighted by Gasteiger charge is -2.36. The Labute approximate surface area is 164 Å². The lowest BCUT2D eigenvalue weighted by atomic mass is 10.1. The number of nitrogens with zero attached hydrogens (tertiary/aromatic N) is 5. The summed E-state index contributed by atoms with van der Waals surface area (Å²) in [7, 11) is 2.21. The molecule has 2 heterocycles. The fourth-order valence-electron chi connectivity index (χ4n) is 3.78. The average molecular weight is 370 g/mol. The minimum absolute atomic E-state index is 0.565. The highest BCUT2D eigenvalue weighted by Crippen LogP contribution is 2.18. The molecule has 148 valence electrons. The normalized spacial score (nSPS) is 17.6. The summed E-state index contributed by atoms with van der Waals surface area (Å²) in [5.41, 5.74) is 2.40. The summed E-state index contributed by atoms with van der Waals surface area (Å²) in [6.07, 6.45) is 3.02. The van der Waals surface area contributed by atoms with Gasteiger partial charge in [-0.05, 0) is 44.9 Å². The smallest absolute Gasteiger partial charge is 0.151 e. The Bertz CT molecular complexity index is 728. The summed E-state index contributed by atoms with van der Waals surface area (Å²) in [6.45, 7) is 13.6. The van der Waals surface area contributed by atoms with Crippen LogP contribution < -0.4 is 0 Å². The summed E-state index contributed by atoms with van der Waals surface area (Å²) in [5, 5.41) is 4.87. The van der Waals surface area contributed by atoms with Crippen LogP contribution in [0.15, 0.2) is 24.3 Å². The first kappa shape index (κ1) is 20.0. The van der Waals surface area contributed by atoms with Crippen LogP contribution in [0.4, 0.5) is 0 Å². The number of likely N-dealkylation sites (N-methyl/N-ethyl adjacent to an activating group) is 1. The highest BCUT2D eigenvalue weighted by Gasteiger charge is 2.21. The van der Waals surface area contributed by atoms with Crippen LogP contribution in [0.5, 0.6) is 0 Å². The van der Waals surface area contributed by atoms with Gasteiger partial charge in [0.1, 0.15) is 5.82 Å². The van der Waals surface area contributed by atoms with E-state index >= 15 is 0 Å². The zero-order valence-electron chi connectivity index (χ0n) is 17.6. The van der Waals surface area contributed by atoms with Crippen LogP contribution in [0, 0.1) is 12.8 Å². The van der Waals surface area contributed by atoms with E-state index in [1.54, 1.807) is 0 Å². The minimum Gasteiger partial charge on any atom is -0.304 e. The SMILES string of the molecule is Cc1ccccc1-n1nc(CC(C)C)nc1CC[C@@H](C)N1CCN(C)CC1. The van der Waals surface area contributed by atoms with Gasteiger partial charge in [-0.25, -0.2) is 9.67 Å². The molecule has 5 heteroatoms. The van der Waals surface area contributed by atoms with E-state index in [1.165, 1.54) is 31.7 Å². The number of para-hydroxylation sites is 1. The number of aryl methyl sites for hydroxylation is 2. The molecular formula is C22H35N5. The molecule has 3 rings (SSSR count). The maximum atomic E-state index is 4.92. The van der Waals surface area contributed by atoms with Crippen molar-refractivity contribution in [2.24, 2.45) is 5.92 Å². The molecule has 0 radical (unpaired) electrons. The average Bonchev–Trinajstić information content (AvgIpc) is 3.02. The van der Waals surface area contributed by atoms with Gasteiger partial charge in [0, 0.05) is 45.1 Å². The molecule has 2 aromatic rings. The minimum atomic E-state index is 0.565. The number of hydrogen-bond acceptors (Lipinski definition) is 4. The lowest BCUT2D eigenvalue weighted by Crippen LogP contribution is -2.48. The van der Waals surface area contributed by atoms with Crippen molar-refractivity contribution in [1.82, 2.24) is 24.6 Å². The molecule has 0 aliphatic carbocycles. The standard InChI is InChI=1S/C22H35N5/c1-17(2)16-21-23-22(27(24-21)20-9-7-6-8-18(20)3)11-10-19(4)26-14-12-25(5)13-15-26/h6-9,17,19H,10-16H2,1-5H3/t19-/m1/s1. The van der Waals surface area contributed by atoms with Crippen LogP contribution in [-0.4, -0.2) is 63.8 Å². The molecule has 1 aliphatic heterocycles. The predicted molar refractivity (Wildman–Crippen MR) is 111 cm³/mol. The van der Waals surface area contributed by atoms with Crippen molar-refractivity contribution in [2.45, 2.75) is 53.0 Å². The second-order valence-corrected chi connectivity index (χ2v) is 8.47. The fraction of sp³-hybridized carbons (Fsp3) is 0.636. The van der Waals surface area contributed by atoms with Gasteiger partial charge in [-0.3, -0.25) is 4.90 Å². The molecule has 0 unspecified atom stereocenters. The summed E-state index contributed by atoms with van der Waals surface area (Å²) in [6, 6.07) is 9.05. The van der Waals surface area contributed by atoms with Gasteiger partial charge in [-0.1, -0.05) is 32.0 Å². The molecule has 1 aromatic heterocycles. The Hall–Kier alpha value is -1.72. The van der Waals surface area contributed by atoms with Gasteiger partial charge in [-0.2, -0.15) is 5.10 Å². The third kappa shape index (κ3) is 5.17. The van der Waals surface area contributed by atoms with Crippen molar-refractivity contribution in [3.8, 4) is 5.69 Å². The molecular weight excluding hydrogens is 334 g/mol. The molecule has 1 fully saturated rings. The molecule has 0 saturated carbocycles. The maximum Gasteiger partial charge on any atom is 0.151 e. The van der Waals surface area contributed by atoms with E-state index in [1.807, 2.05) is 0 Å². The van der Waals surface area contributed by atoms with Gasteiger partial charge in [0.05, 0.1) is 5.69 Å². The van der Waals surface area contributed by atoms with E-state index in [9.17, 15) is 0 Å². The molecule has 1 aliphatic rings. The highest BCUT2D eigenvalue weighted by molar-refractivity contribution is 5.39. The molecule has 0 spiro atoms. The second-order valence-electron chi connectivity index (χ2n) is 8.47. The van der Waals surface area contributed by atoms with E-state index < -0.39 is 0 Å². The Kier molecular flexibility index (Phi) is 6.66. The van der Waals surface area contributed by atoms with Crippen molar-refractivity contribution in [3.05, 3.63) is 41.5 Å². The molecule has 5 nitrogen and oxygen atoms in total. The first-order valence-electron chi connectivity index (χ1n) is 10.4. The van der Waals surface area contributed by atoms with Crippen molar-refractivity contribution in [2.75, 3.05) is 33.2 Å². The van der Waals surface area contributed by atoms with Crippen LogP contribution in [0.2, 0.25) is 0 Å². The molecule has 0 bridgehead atoms. The number of rotatable bonds is 7. The van der Waals surface area contributed by atoms with E-state index in [4.69, 9.17) is 10.1 Å². The van der Waals surface area contributed by atoms with E-state index in [2.05, 4.69) is 73.5 Å². The van der Waals surface area contributed by atoms with Gasteiger partial charge in [0.15, 0.2) is 5.82 Å². The summed E-state index contributed by atoms with van der Waals surface area (Å²) in [5.74, 6) is 2.63. The second kappa shape index (κ2) is 8.98. The largest absolute Gasteiger partial charge is 0.304 e. The topological polar surface area (TPSA) is 37.2 Å². The third-order valence-electron chi connectivity index (χ3n) is 5.60. The first-order valence-corrected chi connectivity index (χ1v) is 10.4. The van der Waals surface area contributed by atoms with Crippen LogP contribution in [-0.2, 0) is 12.8 Å². The summed E-state index contributed by atoms with van der Waals surface area (Å²) in [4.78, 5) is 9.95. The molecule has 0 amide bonds. The first-order chi connectivity index (χ1) is 12.9. The van der Waals surface area contributed by atoms with E-state index in [0.717, 1.165) is 36.6 Å². The van der Waals surface area contributed by atoms with Crippen molar-refractivity contribution >= 4 is 0 Å². The van der Waals surface area contributed by atoms with Crippen molar-refractivity contribution in [1.29, 1.82) is 0 Å². The Morgan fingerprint density at radius 2 is 1.74 bits per heavy atom. The van der Waals surface area contributed by atoms with E-state index in [-0.39, 0.29) is 0 Å². The zero-order chi connectivity index (χ0) is 19.4. The molecule has 1 aromatic carbocycles. The third-order valence-corrected chi connectivity index (χ3v) is 5.60. The number of piperazine rings is 1. The lowest BCUT2D eigenvalue weighted by molar-refractivity contribution is 0.114. The van der Waals surface area contributed by atoms with Crippen LogP contribution in [0.1, 0.15) is 44.4 Å². The summed E-state index contributed by atoms with van der Waals surface area (Å²) < 4.78 is 2.09. The molecule has 0 N–H and O–H groups in total. The van der Waals surface area contributed by atoms with Crippen LogP contribution >= 0.6 is 0 Å². The van der Waals surface area contributed by atoms with Gasteiger partial charge < -0.3 is 4.90 Å². The Balaban J connectivity index is 1.75. The molecule has 1 saturated heterocycles. The fourth-order valence-corrected chi connectivity index (χ4v) is 3.78. The Morgan fingerprint density at radius 3 is 2.41 bits per heavy atom. The predicted octanol–water partition coefficient (Wildman–Crippen LogP) is 3.34. The maximum absolute atomic E-state index is 4.92. The van der Waals surface area contributed by atoms with E-state index in [0.29, 0.717) is 12.0 Å². The van der Waals surface area contributed by atoms with Crippen LogP contribution in [0.25, 0.3) is 5.69 Å². The number of hydrogen-bond donors (Lipinski definition) is 0. The monoisotopic (exact) mass is 369 g/mol. The molecule has 27 heavy (non-hydrogen) atoms. The molecule has 1 atom stereocenters. The Morgan fingerprint density at radius 1 is 1.04 bits per heavy atom. The van der Waals surface area contributed by atoms with Gasteiger partial charge in [-0.15, -0.1) is 0 Å². The van der Waals surface area contributed by atoms with Gasteiger partial charge in [0.2, 0.25) is 0 Å². The van der Waals surface area contributed by atoms with Crippen molar-refractivity contribution < 1.29 is 0 Å². The number of benzene rings is 1. The number of aromatic nitrogens is 3. The van der Waals surface area contributed by atoms with Gasteiger partial charge in [0.25, 0.3) is 0 Å². The summed E-state index contributed by atoms with van der Waals surface area (Å²) >= 11 is 0. The zero-order valence-corrected chi connectivity index (χ0v) is 17.6.